The highest BCUT2D eigenvalue weighted by Crippen LogP contribution is 2.64. The van der Waals surface area contributed by atoms with Crippen molar-refractivity contribution in [1.82, 2.24) is 0 Å². The summed E-state index contributed by atoms with van der Waals surface area (Å²) in [5.74, 6) is -2.22. The molecule has 3 aliphatic rings. The normalized spacial score (nSPS) is 37.8. The molecule has 1 aromatic carbocycles. The number of hydrogen-bond acceptors (Lipinski definition) is 6. The summed E-state index contributed by atoms with van der Waals surface area (Å²) >= 11 is 0. The predicted molar refractivity (Wildman–Crippen MR) is 108 cm³/mol. The van der Waals surface area contributed by atoms with Crippen LogP contribution in [0.25, 0.3) is 0 Å². The molecule has 3 fully saturated rings. The van der Waals surface area contributed by atoms with Crippen molar-refractivity contribution in [2.24, 2.45) is 34.5 Å². The lowest BCUT2D eigenvalue weighted by Crippen LogP contribution is -2.63. The zero-order valence-corrected chi connectivity index (χ0v) is 17.9. The van der Waals surface area contributed by atoms with Crippen LogP contribution in [0.15, 0.2) is 30.3 Å². The standard InChI is InChI=1S/C24H30O6/c1-15-9-10-24(22(27)28-3)17-13-30-21(26)20(17)18(25)11-19(24)23(15,2)14-29-12-16-7-5-4-6-8-16/h4-8,15,17,19-20H,9-14H2,1-3H3/t15-,17-,19+,20+,23-,24-/m0/s1. The molecule has 0 unspecified atom stereocenters. The second kappa shape index (κ2) is 7.80. The number of hydrogen-bond donors (Lipinski definition) is 0. The third kappa shape index (κ3) is 3.08. The van der Waals surface area contributed by atoms with Crippen LogP contribution in [0.4, 0.5) is 0 Å². The molecule has 6 heteroatoms. The van der Waals surface area contributed by atoms with Crippen LogP contribution in [0.3, 0.4) is 0 Å². The summed E-state index contributed by atoms with van der Waals surface area (Å²) in [7, 11) is 1.39. The SMILES string of the molecule is COC(=O)[C@]12CC[C@H](C)[C@](C)(COCc3ccccc3)[C@H]1CC(=O)[C@@H]1C(=O)OC[C@@H]12. The Morgan fingerprint density at radius 1 is 1.23 bits per heavy atom. The topological polar surface area (TPSA) is 78.9 Å². The molecular formula is C24H30O6. The Balaban J connectivity index is 1.66. The first-order chi connectivity index (χ1) is 14.3. The van der Waals surface area contributed by atoms with E-state index in [0.717, 1.165) is 12.0 Å². The van der Waals surface area contributed by atoms with Crippen molar-refractivity contribution in [3.63, 3.8) is 0 Å². The largest absolute Gasteiger partial charge is 0.469 e. The Morgan fingerprint density at radius 3 is 2.67 bits per heavy atom. The molecule has 0 N–H and O–H groups in total. The quantitative estimate of drug-likeness (QED) is 0.544. The van der Waals surface area contributed by atoms with Gasteiger partial charge in [0.2, 0.25) is 0 Å². The van der Waals surface area contributed by atoms with Crippen molar-refractivity contribution in [3.8, 4) is 0 Å². The van der Waals surface area contributed by atoms with Crippen molar-refractivity contribution >= 4 is 17.7 Å². The number of esters is 2. The van der Waals surface area contributed by atoms with E-state index in [4.69, 9.17) is 14.2 Å². The zero-order chi connectivity index (χ0) is 21.5. The third-order valence-corrected chi connectivity index (χ3v) is 8.10. The summed E-state index contributed by atoms with van der Waals surface area (Å²) in [5.41, 5.74) is -0.206. The number of methoxy groups -OCH3 is 1. The van der Waals surface area contributed by atoms with Gasteiger partial charge in [-0.1, -0.05) is 44.2 Å². The fourth-order valence-electron chi connectivity index (χ4n) is 6.19. The summed E-state index contributed by atoms with van der Waals surface area (Å²) in [6.45, 7) is 5.31. The number of ketones is 1. The summed E-state index contributed by atoms with van der Waals surface area (Å²) in [4.78, 5) is 38.5. The highest BCUT2D eigenvalue weighted by Gasteiger charge is 2.69. The van der Waals surface area contributed by atoms with Gasteiger partial charge in [-0.2, -0.15) is 0 Å². The molecule has 0 bridgehead atoms. The first-order valence-corrected chi connectivity index (χ1v) is 10.7. The van der Waals surface area contributed by atoms with Crippen LogP contribution in [0, 0.1) is 34.5 Å². The number of benzene rings is 1. The molecule has 1 aliphatic heterocycles. The van der Waals surface area contributed by atoms with E-state index < -0.39 is 28.6 Å². The van der Waals surface area contributed by atoms with Crippen LogP contribution >= 0.6 is 0 Å². The van der Waals surface area contributed by atoms with Gasteiger partial charge >= 0.3 is 11.9 Å². The average molecular weight is 414 g/mol. The minimum Gasteiger partial charge on any atom is -0.469 e. The molecule has 0 amide bonds. The molecular weight excluding hydrogens is 384 g/mol. The molecule has 30 heavy (non-hydrogen) atoms. The van der Waals surface area contributed by atoms with Crippen molar-refractivity contribution < 1.29 is 28.6 Å². The van der Waals surface area contributed by atoms with Crippen molar-refractivity contribution in [2.45, 2.75) is 39.7 Å². The van der Waals surface area contributed by atoms with E-state index in [2.05, 4.69) is 13.8 Å². The smallest absolute Gasteiger partial charge is 0.316 e. The Morgan fingerprint density at radius 2 is 1.97 bits per heavy atom. The predicted octanol–water partition coefficient (Wildman–Crippen LogP) is 3.18. The van der Waals surface area contributed by atoms with Crippen LogP contribution in [-0.4, -0.2) is 38.0 Å². The number of ether oxygens (including phenoxy) is 3. The maximum atomic E-state index is 13.2. The molecule has 6 atom stereocenters. The van der Waals surface area contributed by atoms with Crippen molar-refractivity contribution in [2.75, 3.05) is 20.3 Å². The van der Waals surface area contributed by atoms with Crippen molar-refractivity contribution in [1.29, 1.82) is 0 Å². The van der Waals surface area contributed by atoms with Gasteiger partial charge in [0.05, 0.1) is 32.3 Å². The van der Waals surface area contributed by atoms with Crippen LogP contribution in [0.5, 0.6) is 0 Å². The summed E-state index contributed by atoms with van der Waals surface area (Å²) in [6, 6.07) is 9.95. The van der Waals surface area contributed by atoms with E-state index >= 15 is 0 Å². The van der Waals surface area contributed by atoms with E-state index in [-0.39, 0.29) is 36.6 Å². The van der Waals surface area contributed by atoms with Crippen LogP contribution < -0.4 is 0 Å². The zero-order valence-electron chi connectivity index (χ0n) is 17.9. The van der Waals surface area contributed by atoms with Gasteiger partial charge in [-0.15, -0.1) is 0 Å². The third-order valence-electron chi connectivity index (χ3n) is 8.10. The van der Waals surface area contributed by atoms with Crippen LogP contribution in [0.1, 0.15) is 38.7 Å². The Bertz CT molecular complexity index is 835. The molecule has 0 radical (unpaired) electrons. The number of cyclic esters (lactones) is 1. The minimum atomic E-state index is -0.892. The molecule has 6 nitrogen and oxygen atoms in total. The maximum absolute atomic E-state index is 13.2. The van der Waals surface area contributed by atoms with Crippen molar-refractivity contribution in [3.05, 3.63) is 35.9 Å². The number of Topliss-reactive ketones (excluding diaryl/α,β-unsaturated/α-hetero) is 1. The molecule has 1 aromatic rings. The maximum Gasteiger partial charge on any atom is 0.316 e. The second-order valence-electron chi connectivity index (χ2n) is 9.39. The number of rotatable bonds is 5. The second-order valence-corrected chi connectivity index (χ2v) is 9.39. The molecule has 0 spiro atoms. The molecule has 1 saturated heterocycles. The fourth-order valence-corrected chi connectivity index (χ4v) is 6.19. The highest BCUT2D eigenvalue weighted by atomic mass is 16.5. The number of carbonyl (C=O) groups is 3. The molecule has 0 aromatic heterocycles. The van der Waals surface area contributed by atoms with Gasteiger partial charge in [0, 0.05) is 12.3 Å². The van der Waals surface area contributed by atoms with Crippen LogP contribution in [0.2, 0.25) is 0 Å². The number of carbonyl (C=O) groups excluding carboxylic acids is 3. The van der Waals surface area contributed by atoms with E-state index in [0.29, 0.717) is 19.6 Å². The number of fused-ring (bicyclic) bond motifs is 3. The monoisotopic (exact) mass is 414 g/mol. The summed E-state index contributed by atoms with van der Waals surface area (Å²) in [6.07, 6.45) is 1.59. The molecule has 2 saturated carbocycles. The lowest BCUT2D eigenvalue weighted by atomic mass is 9.43. The Labute approximate surface area is 177 Å². The first-order valence-electron chi connectivity index (χ1n) is 10.7. The van der Waals surface area contributed by atoms with Gasteiger partial charge in [-0.3, -0.25) is 14.4 Å². The Kier molecular flexibility index (Phi) is 5.47. The van der Waals surface area contributed by atoms with E-state index in [9.17, 15) is 14.4 Å². The van der Waals surface area contributed by atoms with Crippen LogP contribution in [-0.2, 0) is 35.2 Å². The summed E-state index contributed by atoms with van der Waals surface area (Å²) in [5, 5.41) is 0. The highest BCUT2D eigenvalue weighted by molar-refractivity contribution is 6.03. The Hall–Kier alpha value is -2.21. The first kappa shape index (κ1) is 21.0. The molecule has 4 rings (SSSR count). The lowest BCUT2D eigenvalue weighted by Gasteiger charge is -2.59. The van der Waals surface area contributed by atoms with E-state index in [1.807, 2.05) is 30.3 Å². The van der Waals surface area contributed by atoms with Gasteiger partial charge in [0.15, 0.2) is 0 Å². The van der Waals surface area contributed by atoms with Gasteiger partial charge in [-0.05, 0) is 35.7 Å². The summed E-state index contributed by atoms with van der Waals surface area (Å²) < 4.78 is 16.7. The lowest BCUT2D eigenvalue weighted by molar-refractivity contribution is -0.194. The average Bonchev–Trinajstić information content (AvgIpc) is 3.15. The van der Waals surface area contributed by atoms with Gasteiger partial charge in [-0.25, -0.2) is 0 Å². The molecule has 2 aliphatic carbocycles. The van der Waals surface area contributed by atoms with Gasteiger partial charge < -0.3 is 14.2 Å². The van der Waals surface area contributed by atoms with E-state index in [1.165, 1.54) is 7.11 Å². The van der Waals surface area contributed by atoms with Gasteiger partial charge in [0.1, 0.15) is 11.7 Å². The van der Waals surface area contributed by atoms with E-state index in [1.54, 1.807) is 0 Å². The minimum absolute atomic E-state index is 0.107. The molecule has 1 heterocycles. The fraction of sp³-hybridized carbons (Fsp3) is 0.625. The van der Waals surface area contributed by atoms with Gasteiger partial charge in [0.25, 0.3) is 0 Å². The molecule has 162 valence electrons.